The third kappa shape index (κ3) is 4.63. The Bertz CT molecular complexity index is 485. The lowest BCUT2D eigenvalue weighted by atomic mass is 10.2. The highest BCUT2D eigenvalue weighted by molar-refractivity contribution is 7.91. The summed E-state index contributed by atoms with van der Waals surface area (Å²) in [5.41, 5.74) is 1.41. The first-order valence-corrected chi connectivity index (χ1v) is 7.13. The zero-order valence-corrected chi connectivity index (χ0v) is 10.3. The van der Waals surface area contributed by atoms with Crippen LogP contribution in [-0.4, -0.2) is 26.3 Å². The van der Waals surface area contributed by atoms with E-state index in [9.17, 15) is 13.2 Å². The molecule has 1 N–H and O–H groups in total. The van der Waals surface area contributed by atoms with Gasteiger partial charge in [-0.2, -0.15) is 0 Å². The van der Waals surface area contributed by atoms with Gasteiger partial charge in [0.1, 0.15) is 5.75 Å². The van der Waals surface area contributed by atoms with Gasteiger partial charge in [-0.25, -0.2) is 8.42 Å². The van der Waals surface area contributed by atoms with Crippen molar-refractivity contribution in [3.63, 3.8) is 0 Å². The SMILES string of the molecule is CS(=O)(=O)CC(=O)Nc1cccc(CCl)c1. The predicted molar refractivity (Wildman–Crippen MR) is 64.3 cm³/mol. The van der Waals surface area contributed by atoms with Crippen LogP contribution in [0.3, 0.4) is 0 Å². The van der Waals surface area contributed by atoms with Crippen LogP contribution >= 0.6 is 11.6 Å². The summed E-state index contributed by atoms with van der Waals surface area (Å²) in [7, 11) is -3.30. The van der Waals surface area contributed by atoms with Gasteiger partial charge in [0.05, 0.1) is 0 Å². The number of alkyl halides is 1. The Morgan fingerprint density at radius 2 is 2.12 bits per heavy atom. The molecule has 0 aliphatic heterocycles. The topological polar surface area (TPSA) is 63.2 Å². The van der Waals surface area contributed by atoms with Crippen molar-refractivity contribution >= 4 is 33.0 Å². The van der Waals surface area contributed by atoms with Crippen LogP contribution in [0.2, 0.25) is 0 Å². The maximum absolute atomic E-state index is 11.3. The summed E-state index contributed by atoms with van der Waals surface area (Å²) >= 11 is 5.63. The quantitative estimate of drug-likeness (QED) is 0.834. The van der Waals surface area contributed by atoms with Gasteiger partial charge in [0.25, 0.3) is 0 Å². The summed E-state index contributed by atoms with van der Waals surface area (Å²) in [6.45, 7) is 0. The molecule has 0 bridgehead atoms. The van der Waals surface area contributed by atoms with E-state index in [4.69, 9.17) is 11.6 Å². The second-order valence-corrected chi connectivity index (χ2v) is 5.86. The molecule has 1 rings (SSSR count). The lowest BCUT2D eigenvalue weighted by molar-refractivity contribution is -0.113. The largest absolute Gasteiger partial charge is 0.325 e. The summed E-state index contributed by atoms with van der Waals surface area (Å²) in [5, 5.41) is 2.50. The Balaban J connectivity index is 2.70. The van der Waals surface area contributed by atoms with Crippen molar-refractivity contribution < 1.29 is 13.2 Å². The van der Waals surface area contributed by atoms with E-state index in [-0.39, 0.29) is 0 Å². The first kappa shape index (κ1) is 13.0. The molecule has 0 saturated heterocycles. The van der Waals surface area contributed by atoms with Gasteiger partial charge >= 0.3 is 0 Å². The van der Waals surface area contributed by atoms with E-state index >= 15 is 0 Å². The first-order chi connectivity index (χ1) is 7.40. The molecule has 88 valence electrons. The average Bonchev–Trinajstić information content (AvgIpc) is 2.15. The zero-order valence-electron chi connectivity index (χ0n) is 8.73. The molecule has 1 aromatic carbocycles. The van der Waals surface area contributed by atoms with Crippen LogP contribution in [0.4, 0.5) is 5.69 Å². The third-order valence-corrected chi connectivity index (χ3v) is 2.85. The van der Waals surface area contributed by atoms with Gasteiger partial charge in [0.15, 0.2) is 9.84 Å². The van der Waals surface area contributed by atoms with E-state index in [2.05, 4.69) is 5.32 Å². The maximum Gasteiger partial charge on any atom is 0.239 e. The second-order valence-electron chi connectivity index (χ2n) is 3.45. The van der Waals surface area contributed by atoms with Crippen molar-refractivity contribution in [2.45, 2.75) is 5.88 Å². The summed E-state index contributed by atoms with van der Waals surface area (Å²) in [5.74, 6) is -0.720. The normalized spacial score (nSPS) is 11.1. The highest BCUT2D eigenvalue weighted by atomic mass is 35.5. The van der Waals surface area contributed by atoms with Crippen molar-refractivity contribution in [3.05, 3.63) is 29.8 Å². The monoisotopic (exact) mass is 261 g/mol. The van der Waals surface area contributed by atoms with Gasteiger partial charge < -0.3 is 5.32 Å². The Morgan fingerprint density at radius 3 is 2.69 bits per heavy atom. The molecule has 0 unspecified atom stereocenters. The smallest absolute Gasteiger partial charge is 0.239 e. The zero-order chi connectivity index (χ0) is 12.2. The number of halogens is 1. The Morgan fingerprint density at radius 1 is 1.44 bits per heavy atom. The van der Waals surface area contributed by atoms with E-state index in [0.29, 0.717) is 11.6 Å². The van der Waals surface area contributed by atoms with Crippen LogP contribution < -0.4 is 5.32 Å². The number of carbonyl (C=O) groups excluding carboxylic acids is 1. The fourth-order valence-corrected chi connectivity index (χ4v) is 1.88. The molecule has 0 saturated carbocycles. The molecule has 6 heteroatoms. The molecule has 1 amide bonds. The molecule has 0 fully saturated rings. The number of nitrogens with one attached hydrogen (secondary N) is 1. The van der Waals surface area contributed by atoms with Crippen molar-refractivity contribution in [2.24, 2.45) is 0 Å². The standard InChI is InChI=1S/C10H12ClNO3S/c1-16(14,15)7-10(13)12-9-4-2-3-8(5-9)6-11/h2-5H,6-7H2,1H3,(H,12,13). The minimum atomic E-state index is -3.30. The van der Waals surface area contributed by atoms with Crippen molar-refractivity contribution in [1.82, 2.24) is 0 Å². The number of carbonyl (C=O) groups is 1. The van der Waals surface area contributed by atoms with E-state index in [1.165, 1.54) is 0 Å². The van der Waals surface area contributed by atoms with E-state index in [0.717, 1.165) is 11.8 Å². The van der Waals surface area contributed by atoms with Gasteiger partial charge in [0, 0.05) is 17.8 Å². The molecule has 0 heterocycles. The predicted octanol–water partition coefficient (Wildman–Crippen LogP) is 1.41. The fraction of sp³-hybridized carbons (Fsp3) is 0.300. The molecule has 16 heavy (non-hydrogen) atoms. The molecular formula is C10H12ClNO3S. The van der Waals surface area contributed by atoms with Crippen molar-refractivity contribution in [1.29, 1.82) is 0 Å². The van der Waals surface area contributed by atoms with Gasteiger partial charge in [0.2, 0.25) is 5.91 Å². The summed E-state index contributed by atoms with van der Waals surface area (Å²) in [6.07, 6.45) is 1.02. The lowest BCUT2D eigenvalue weighted by Crippen LogP contribution is -2.21. The van der Waals surface area contributed by atoms with E-state index in [1.807, 2.05) is 6.07 Å². The maximum atomic E-state index is 11.3. The molecule has 0 radical (unpaired) electrons. The molecular weight excluding hydrogens is 250 g/mol. The second kappa shape index (κ2) is 5.32. The molecule has 4 nitrogen and oxygen atoms in total. The molecule has 0 spiro atoms. The van der Waals surface area contributed by atoms with Crippen LogP contribution in [0.25, 0.3) is 0 Å². The van der Waals surface area contributed by atoms with Gasteiger partial charge in [-0.3, -0.25) is 4.79 Å². The van der Waals surface area contributed by atoms with Crippen LogP contribution in [0.5, 0.6) is 0 Å². The van der Waals surface area contributed by atoms with Crippen molar-refractivity contribution in [2.75, 3.05) is 17.3 Å². The molecule has 0 aliphatic carbocycles. The van der Waals surface area contributed by atoms with E-state index in [1.54, 1.807) is 18.2 Å². The van der Waals surface area contributed by atoms with Gasteiger partial charge in [-0.05, 0) is 17.7 Å². The minimum Gasteiger partial charge on any atom is -0.325 e. The number of hydrogen-bond donors (Lipinski definition) is 1. The Kier molecular flexibility index (Phi) is 4.32. The van der Waals surface area contributed by atoms with Gasteiger partial charge in [-0.15, -0.1) is 11.6 Å². The molecule has 0 atom stereocenters. The van der Waals surface area contributed by atoms with Crippen LogP contribution in [0, 0.1) is 0 Å². The molecule has 0 aromatic heterocycles. The summed E-state index contributed by atoms with van der Waals surface area (Å²) in [6, 6.07) is 6.94. The number of amides is 1. The first-order valence-electron chi connectivity index (χ1n) is 4.53. The van der Waals surface area contributed by atoms with Gasteiger partial charge in [-0.1, -0.05) is 12.1 Å². The Hall–Kier alpha value is -1.07. The molecule has 1 aromatic rings. The van der Waals surface area contributed by atoms with Crippen LogP contribution in [-0.2, 0) is 20.5 Å². The van der Waals surface area contributed by atoms with Crippen LogP contribution in [0.15, 0.2) is 24.3 Å². The number of hydrogen-bond acceptors (Lipinski definition) is 3. The average molecular weight is 262 g/mol. The third-order valence-electron chi connectivity index (χ3n) is 1.76. The summed E-state index contributed by atoms with van der Waals surface area (Å²) < 4.78 is 21.7. The number of rotatable bonds is 4. The highest BCUT2D eigenvalue weighted by Gasteiger charge is 2.10. The fourth-order valence-electron chi connectivity index (χ4n) is 1.17. The molecule has 0 aliphatic rings. The minimum absolute atomic E-state index is 0.343. The summed E-state index contributed by atoms with van der Waals surface area (Å²) in [4.78, 5) is 11.3. The Labute approximate surface area is 99.5 Å². The lowest BCUT2D eigenvalue weighted by Gasteiger charge is -2.05. The van der Waals surface area contributed by atoms with Crippen LogP contribution in [0.1, 0.15) is 5.56 Å². The number of benzene rings is 1. The van der Waals surface area contributed by atoms with Crippen molar-refractivity contribution in [3.8, 4) is 0 Å². The highest BCUT2D eigenvalue weighted by Crippen LogP contribution is 2.12. The van der Waals surface area contributed by atoms with E-state index < -0.39 is 21.5 Å². The number of sulfone groups is 1. The number of anilines is 1.